The highest BCUT2D eigenvalue weighted by Gasteiger charge is 2.29. The summed E-state index contributed by atoms with van der Waals surface area (Å²) in [5.41, 5.74) is 2.23. The largest absolute Gasteiger partial charge is 0.495 e. The van der Waals surface area contributed by atoms with Crippen molar-refractivity contribution >= 4 is 34.9 Å². The number of halogens is 1. The first-order valence-corrected chi connectivity index (χ1v) is 10.3. The minimum atomic E-state index is -0.497. The molecular weight excluding hydrogens is 418 g/mol. The molecule has 0 bridgehead atoms. The van der Waals surface area contributed by atoms with Gasteiger partial charge in [-0.1, -0.05) is 43.6 Å². The predicted molar refractivity (Wildman–Crippen MR) is 122 cm³/mol. The van der Waals surface area contributed by atoms with Crippen LogP contribution in [0.2, 0.25) is 5.02 Å². The SMILES string of the molecule is COc1cc(OC)c(N(C)C(=O)N=C2CN(CC(C)C)C(=O)c3ccccc32)cc1Cl. The normalized spacial score (nSPS) is 14.6. The summed E-state index contributed by atoms with van der Waals surface area (Å²) in [6.45, 7) is 4.94. The maximum absolute atomic E-state index is 13.1. The molecule has 0 saturated carbocycles. The van der Waals surface area contributed by atoms with E-state index >= 15 is 0 Å². The lowest BCUT2D eigenvalue weighted by atomic mass is 9.96. The number of amides is 3. The lowest BCUT2D eigenvalue weighted by Gasteiger charge is -2.31. The average molecular weight is 444 g/mol. The van der Waals surface area contributed by atoms with Gasteiger partial charge in [-0.05, 0) is 18.1 Å². The lowest BCUT2D eigenvalue weighted by Crippen LogP contribution is -2.43. The number of hydrogen-bond acceptors (Lipinski definition) is 4. The van der Waals surface area contributed by atoms with Gasteiger partial charge in [-0.15, -0.1) is 0 Å². The van der Waals surface area contributed by atoms with Crippen molar-refractivity contribution in [2.24, 2.45) is 10.9 Å². The minimum Gasteiger partial charge on any atom is -0.495 e. The number of methoxy groups -OCH3 is 2. The molecule has 0 radical (unpaired) electrons. The maximum atomic E-state index is 13.1. The van der Waals surface area contributed by atoms with Gasteiger partial charge in [-0.3, -0.25) is 9.69 Å². The van der Waals surface area contributed by atoms with E-state index in [0.717, 1.165) is 0 Å². The fourth-order valence-corrected chi connectivity index (χ4v) is 3.75. The molecule has 164 valence electrons. The zero-order valence-corrected chi connectivity index (χ0v) is 19.1. The molecule has 1 aliphatic rings. The third-order valence-corrected chi connectivity index (χ3v) is 5.31. The summed E-state index contributed by atoms with van der Waals surface area (Å²) in [4.78, 5) is 33.4. The van der Waals surface area contributed by atoms with Gasteiger partial charge >= 0.3 is 6.03 Å². The van der Waals surface area contributed by atoms with Gasteiger partial charge in [0.2, 0.25) is 0 Å². The molecule has 8 heteroatoms. The molecule has 31 heavy (non-hydrogen) atoms. The smallest absolute Gasteiger partial charge is 0.348 e. The van der Waals surface area contributed by atoms with E-state index in [0.29, 0.717) is 51.5 Å². The fourth-order valence-electron chi connectivity index (χ4n) is 3.51. The Kier molecular flexibility index (Phi) is 6.85. The molecule has 1 aliphatic heterocycles. The summed E-state index contributed by atoms with van der Waals surface area (Å²) in [6.07, 6.45) is 0. The second kappa shape index (κ2) is 9.39. The summed E-state index contributed by atoms with van der Waals surface area (Å²) in [7, 11) is 4.61. The number of urea groups is 1. The highest BCUT2D eigenvalue weighted by atomic mass is 35.5. The van der Waals surface area contributed by atoms with Crippen LogP contribution < -0.4 is 14.4 Å². The first-order chi connectivity index (χ1) is 14.8. The number of rotatable bonds is 5. The molecule has 0 atom stereocenters. The van der Waals surface area contributed by atoms with Gasteiger partial charge in [-0.25, -0.2) is 4.79 Å². The fraction of sp³-hybridized carbons (Fsp3) is 0.348. The van der Waals surface area contributed by atoms with Crippen LogP contribution in [-0.4, -0.2) is 56.9 Å². The van der Waals surface area contributed by atoms with Gasteiger partial charge in [0.15, 0.2) is 0 Å². The van der Waals surface area contributed by atoms with Crippen molar-refractivity contribution in [3.63, 3.8) is 0 Å². The molecule has 0 aromatic heterocycles. The van der Waals surface area contributed by atoms with Crippen LogP contribution in [0.4, 0.5) is 10.5 Å². The Labute approximate surface area is 187 Å². The van der Waals surface area contributed by atoms with Crippen LogP contribution in [0.3, 0.4) is 0 Å². The topological polar surface area (TPSA) is 71.4 Å². The van der Waals surface area contributed by atoms with Crippen molar-refractivity contribution in [3.05, 3.63) is 52.5 Å². The van der Waals surface area contributed by atoms with E-state index in [9.17, 15) is 9.59 Å². The van der Waals surface area contributed by atoms with Crippen molar-refractivity contribution in [1.29, 1.82) is 0 Å². The molecule has 3 rings (SSSR count). The number of benzene rings is 2. The molecule has 2 aromatic carbocycles. The second-order valence-corrected chi connectivity index (χ2v) is 8.09. The zero-order valence-electron chi connectivity index (χ0n) is 18.3. The zero-order chi connectivity index (χ0) is 22.7. The second-order valence-electron chi connectivity index (χ2n) is 7.68. The summed E-state index contributed by atoms with van der Waals surface area (Å²) in [6, 6.07) is 9.94. The van der Waals surface area contributed by atoms with E-state index in [1.54, 1.807) is 30.1 Å². The van der Waals surface area contributed by atoms with Crippen LogP contribution in [0.5, 0.6) is 11.5 Å². The summed E-state index contributed by atoms with van der Waals surface area (Å²) >= 11 is 6.25. The third kappa shape index (κ3) is 4.66. The van der Waals surface area contributed by atoms with Crippen LogP contribution in [-0.2, 0) is 0 Å². The van der Waals surface area contributed by atoms with Crippen molar-refractivity contribution < 1.29 is 19.1 Å². The number of carbonyl (C=O) groups excluding carboxylic acids is 2. The molecule has 0 unspecified atom stereocenters. The van der Waals surface area contributed by atoms with E-state index in [-0.39, 0.29) is 12.5 Å². The van der Waals surface area contributed by atoms with Gasteiger partial charge in [0, 0.05) is 30.8 Å². The molecule has 1 heterocycles. The Balaban J connectivity index is 1.98. The molecule has 0 aliphatic carbocycles. The van der Waals surface area contributed by atoms with Gasteiger partial charge in [0.05, 0.1) is 37.2 Å². The summed E-state index contributed by atoms with van der Waals surface area (Å²) in [5.74, 6) is 1.11. The molecule has 0 fully saturated rings. The number of nitrogens with zero attached hydrogens (tertiary/aromatic N) is 3. The first kappa shape index (κ1) is 22.6. The van der Waals surface area contributed by atoms with Crippen molar-refractivity contribution in [2.45, 2.75) is 13.8 Å². The van der Waals surface area contributed by atoms with Gasteiger partial charge in [0.1, 0.15) is 11.5 Å². The van der Waals surface area contributed by atoms with Crippen molar-refractivity contribution in [1.82, 2.24) is 4.90 Å². The minimum absolute atomic E-state index is 0.0485. The predicted octanol–water partition coefficient (Wildman–Crippen LogP) is 4.51. The highest BCUT2D eigenvalue weighted by Crippen LogP contribution is 2.38. The summed E-state index contributed by atoms with van der Waals surface area (Å²) in [5, 5.41) is 0.349. The quantitative estimate of drug-likeness (QED) is 0.681. The van der Waals surface area contributed by atoms with Gasteiger partial charge in [0.25, 0.3) is 5.91 Å². The number of ether oxygens (including phenoxy) is 2. The van der Waals surface area contributed by atoms with E-state index in [4.69, 9.17) is 21.1 Å². The Bertz CT molecular complexity index is 1040. The molecular formula is C23H26ClN3O4. The number of aliphatic imine (C=N–C) groups is 1. The van der Waals surface area contributed by atoms with Crippen LogP contribution in [0.1, 0.15) is 29.8 Å². The number of carbonyl (C=O) groups is 2. The number of anilines is 1. The van der Waals surface area contributed by atoms with Crippen LogP contribution in [0.25, 0.3) is 0 Å². The Morgan fingerprint density at radius 3 is 2.42 bits per heavy atom. The molecule has 0 spiro atoms. The van der Waals surface area contributed by atoms with Crippen LogP contribution in [0, 0.1) is 5.92 Å². The Morgan fingerprint density at radius 2 is 1.81 bits per heavy atom. The van der Waals surface area contributed by atoms with E-state index in [1.807, 2.05) is 32.0 Å². The number of fused-ring (bicyclic) bond motifs is 1. The molecule has 7 nitrogen and oxygen atoms in total. The van der Waals surface area contributed by atoms with Gasteiger partial charge in [-0.2, -0.15) is 4.99 Å². The number of hydrogen-bond donors (Lipinski definition) is 0. The van der Waals surface area contributed by atoms with Crippen LogP contribution in [0.15, 0.2) is 41.4 Å². The maximum Gasteiger partial charge on any atom is 0.348 e. The molecule has 0 N–H and O–H groups in total. The first-order valence-electron chi connectivity index (χ1n) is 9.92. The van der Waals surface area contributed by atoms with E-state index in [1.165, 1.54) is 19.1 Å². The molecule has 0 saturated heterocycles. The molecule has 3 amide bonds. The highest BCUT2D eigenvalue weighted by molar-refractivity contribution is 6.32. The molecule has 2 aromatic rings. The van der Waals surface area contributed by atoms with E-state index in [2.05, 4.69) is 4.99 Å². The third-order valence-electron chi connectivity index (χ3n) is 5.01. The Morgan fingerprint density at radius 1 is 1.16 bits per heavy atom. The summed E-state index contributed by atoms with van der Waals surface area (Å²) < 4.78 is 10.6. The lowest BCUT2D eigenvalue weighted by molar-refractivity contribution is 0.0755. The Hall–Kier alpha value is -3.06. The monoisotopic (exact) mass is 443 g/mol. The van der Waals surface area contributed by atoms with E-state index < -0.39 is 6.03 Å². The van der Waals surface area contributed by atoms with Crippen LogP contribution >= 0.6 is 11.6 Å². The van der Waals surface area contributed by atoms with Gasteiger partial charge < -0.3 is 14.4 Å². The average Bonchev–Trinajstić information content (AvgIpc) is 2.75. The standard InChI is InChI=1S/C23H26ClN3O4/c1-14(2)12-27-13-18(15-8-6-7-9-16(15)22(27)28)25-23(29)26(3)19-10-17(24)20(30-4)11-21(19)31-5/h6-11,14H,12-13H2,1-5H3. The van der Waals surface area contributed by atoms with Crippen molar-refractivity contribution in [3.8, 4) is 11.5 Å². The van der Waals surface area contributed by atoms with Crippen molar-refractivity contribution in [2.75, 3.05) is 39.3 Å².